The molecular formula is C13H18N2O3. The van der Waals surface area contributed by atoms with Gasteiger partial charge in [0.2, 0.25) is 5.91 Å². The summed E-state index contributed by atoms with van der Waals surface area (Å²) in [6.07, 6.45) is 0.657. The quantitative estimate of drug-likeness (QED) is 0.658. The van der Waals surface area contributed by atoms with Gasteiger partial charge in [-0.3, -0.25) is 4.79 Å². The van der Waals surface area contributed by atoms with E-state index in [2.05, 4.69) is 11.4 Å². The number of benzene rings is 1. The topological polar surface area (TPSA) is 92.4 Å². The van der Waals surface area contributed by atoms with Crippen molar-refractivity contribution in [3.05, 3.63) is 34.9 Å². The molecule has 1 aromatic carbocycles. The maximum absolute atomic E-state index is 11.3. The van der Waals surface area contributed by atoms with Crippen LogP contribution in [0.5, 0.6) is 0 Å². The molecule has 0 spiro atoms. The number of carbonyl (C=O) groups is 2. The number of aryl methyl sites for hydroxylation is 2. The van der Waals surface area contributed by atoms with Crippen LogP contribution in [0.25, 0.3) is 0 Å². The number of rotatable bonds is 5. The maximum atomic E-state index is 11.3. The third kappa shape index (κ3) is 3.85. The molecule has 1 unspecified atom stereocenters. The smallest absolute Gasteiger partial charge is 0.330 e. The van der Waals surface area contributed by atoms with E-state index in [0.29, 0.717) is 13.0 Å². The number of carboxylic acids is 1. The largest absolute Gasteiger partial charge is 0.480 e. The van der Waals surface area contributed by atoms with Crippen LogP contribution in [0.3, 0.4) is 0 Å². The molecule has 0 aromatic heterocycles. The summed E-state index contributed by atoms with van der Waals surface area (Å²) in [4.78, 5) is 21.8. The summed E-state index contributed by atoms with van der Waals surface area (Å²) in [6.45, 7) is 4.40. The van der Waals surface area contributed by atoms with Gasteiger partial charge in [-0.1, -0.05) is 23.8 Å². The molecule has 4 N–H and O–H groups in total. The minimum Gasteiger partial charge on any atom is -0.480 e. The molecule has 1 rings (SSSR count). The normalized spacial score (nSPS) is 11.9. The van der Waals surface area contributed by atoms with Gasteiger partial charge in [-0.15, -0.1) is 0 Å². The maximum Gasteiger partial charge on any atom is 0.330 e. The van der Waals surface area contributed by atoms with Gasteiger partial charge in [-0.2, -0.15) is 0 Å². The standard InChI is InChI=1S/C13H18N2O3/c1-8-3-4-10(9(2)7-8)5-6-15-12(16)11(14)13(17)18/h3-4,7,11H,5-6,14H2,1-2H3,(H,15,16)(H,17,18). The van der Waals surface area contributed by atoms with Crippen LogP contribution in [0.2, 0.25) is 0 Å². The van der Waals surface area contributed by atoms with Crippen molar-refractivity contribution in [3.8, 4) is 0 Å². The lowest BCUT2D eigenvalue weighted by atomic mass is 10.0. The highest BCUT2D eigenvalue weighted by Gasteiger charge is 2.20. The number of amides is 1. The van der Waals surface area contributed by atoms with E-state index in [-0.39, 0.29) is 0 Å². The van der Waals surface area contributed by atoms with Gasteiger partial charge in [0.15, 0.2) is 6.04 Å². The van der Waals surface area contributed by atoms with Gasteiger partial charge >= 0.3 is 5.97 Å². The first kappa shape index (κ1) is 14.2. The minimum atomic E-state index is -1.50. The number of hydrogen-bond acceptors (Lipinski definition) is 3. The predicted octanol–water partition coefficient (Wildman–Crippen LogP) is 0.374. The monoisotopic (exact) mass is 250 g/mol. The van der Waals surface area contributed by atoms with E-state index in [1.807, 2.05) is 26.0 Å². The first-order valence-electron chi connectivity index (χ1n) is 5.74. The summed E-state index contributed by atoms with van der Waals surface area (Å²) in [5.41, 5.74) is 8.65. The van der Waals surface area contributed by atoms with Gasteiger partial charge in [-0.05, 0) is 31.4 Å². The average molecular weight is 250 g/mol. The molecule has 18 heavy (non-hydrogen) atoms. The van der Waals surface area contributed by atoms with Crippen LogP contribution >= 0.6 is 0 Å². The van der Waals surface area contributed by atoms with E-state index in [1.165, 1.54) is 5.56 Å². The second-order valence-electron chi connectivity index (χ2n) is 4.29. The Morgan fingerprint density at radius 2 is 2.06 bits per heavy atom. The van der Waals surface area contributed by atoms with Crippen LogP contribution in [-0.2, 0) is 16.0 Å². The number of hydrogen-bond donors (Lipinski definition) is 3. The first-order valence-corrected chi connectivity index (χ1v) is 5.74. The predicted molar refractivity (Wildman–Crippen MR) is 68.2 cm³/mol. The number of nitrogens with two attached hydrogens (primary N) is 1. The Balaban J connectivity index is 2.47. The fraction of sp³-hybridized carbons (Fsp3) is 0.385. The Bertz CT molecular complexity index is 458. The van der Waals surface area contributed by atoms with Gasteiger partial charge in [0.1, 0.15) is 0 Å². The molecule has 1 aromatic rings. The van der Waals surface area contributed by atoms with Crippen molar-refractivity contribution in [2.75, 3.05) is 6.54 Å². The van der Waals surface area contributed by atoms with Gasteiger partial charge in [-0.25, -0.2) is 4.79 Å². The van der Waals surface area contributed by atoms with E-state index in [9.17, 15) is 9.59 Å². The summed E-state index contributed by atoms with van der Waals surface area (Å²) in [5.74, 6) is -1.98. The highest BCUT2D eigenvalue weighted by molar-refractivity contribution is 6.00. The molecule has 1 atom stereocenters. The molecule has 98 valence electrons. The third-order valence-corrected chi connectivity index (χ3v) is 2.74. The molecule has 0 aliphatic heterocycles. The molecule has 0 saturated heterocycles. The van der Waals surface area contributed by atoms with E-state index < -0.39 is 17.9 Å². The fourth-order valence-electron chi connectivity index (χ4n) is 1.67. The molecule has 0 radical (unpaired) electrons. The van der Waals surface area contributed by atoms with Crippen molar-refractivity contribution in [2.24, 2.45) is 5.73 Å². The van der Waals surface area contributed by atoms with Crippen LogP contribution in [0, 0.1) is 13.8 Å². The van der Waals surface area contributed by atoms with Crippen molar-refractivity contribution in [1.82, 2.24) is 5.32 Å². The lowest BCUT2D eigenvalue weighted by Gasteiger charge is -2.10. The summed E-state index contributed by atoms with van der Waals surface area (Å²) < 4.78 is 0. The van der Waals surface area contributed by atoms with E-state index in [0.717, 1.165) is 11.1 Å². The number of carbonyl (C=O) groups excluding carboxylic acids is 1. The summed E-state index contributed by atoms with van der Waals surface area (Å²) >= 11 is 0. The van der Waals surface area contributed by atoms with Crippen molar-refractivity contribution < 1.29 is 14.7 Å². The van der Waals surface area contributed by atoms with Gasteiger partial charge in [0.25, 0.3) is 0 Å². The van der Waals surface area contributed by atoms with Crippen LogP contribution in [0.1, 0.15) is 16.7 Å². The molecule has 0 bridgehead atoms. The zero-order valence-electron chi connectivity index (χ0n) is 10.6. The SMILES string of the molecule is Cc1ccc(CCNC(=O)C(N)C(=O)O)c(C)c1. The summed E-state index contributed by atoms with van der Waals surface area (Å²) in [7, 11) is 0. The molecule has 1 amide bonds. The van der Waals surface area contributed by atoms with E-state index in [1.54, 1.807) is 0 Å². The van der Waals surface area contributed by atoms with Crippen LogP contribution in [0.15, 0.2) is 18.2 Å². The lowest BCUT2D eigenvalue weighted by Crippen LogP contribution is -2.46. The molecule has 0 aliphatic rings. The van der Waals surface area contributed by atoms with Crippen LogP contribution in [-0.4, -0.2) is 29.6 Å². The van der Waals surface area contributed by atoms with E-state index in [4.69, 9.17) is 10.8 Å². The van der Waals surface area contributed by atoms with Crippen LogP contribution < -0.4 is 11.1 Å². The van der Waals surface area contributed by atoms with Crippen LogP contribution in [0.4, 0.5) is 0 Å². The Hall–Kier alpha value is -1.88. The fourth-order valence-corrected chi connectivity index (χ4v) is 1.67. The molecule has 0 heterocycles. The van der Waals surface area contributed by atoms with Crippen molar-refractivity contribution >= 4 is 11.9 Å². The molecule has 5 heteroatoms. The number of nitrogens with one attached hydrogen (secondary N) is 1. The first-order chi connectivity index (χ1) is 8.41. The second kappa shape index (κ2) is 6.16. The van der Waals surface area contributed by atoms with Gasteiger partial charge in [0.05, 0.1) is 0 Å². The molecule has 0 aliphatic carbocycles. The molecule has 0 fully saturated rings. The van der Waals surface area contributed by atoms with Gasteiger partial charge < -0.3 is 16.2 Å². The van der Waals surface area contributed by atoms with E-state index >= 15 is 0 Å². The highest BCUT2D eigenvalue weighted by Crippen LogP contribution is 2.10. The van der Waals surface area contributed by atoms with Crippen molar-refractivity contribution in [3.63, 3.8) is 0 Å². The van der Waals surface area contributed by atoms with Crippen molar-refractivity contribution in [2.45, 2.75) is 26.3 Å². The number of carboxylic acid groups (broad SMARTS) is 1. The molecular weight excluding hydrogens is 232 g/mol. The summed E-state index contributed by atoms with van der Waals surface area (Å²) in [6, 6.07) is 4.59. The second-order valence-corrected chi connectivity index (χ2v) is 4.29. The minimum absolute atomic E-state index is 0.379. The van der Waals surface area contributed by atoms with Crippen molar-refractivity contribution in [1.29, 1.82) is 0 Å². The Morgan fingerprint density at radius 1 is 1.39 bits per heavy atom. The average Bonchev–Trinajstić information content (AvgIpc) is 2.30. The Kier molecular flexibility index (Phi) is 4.85. The molecule has 0 saturated carbocycles. The Labute approximate surface area is 106 Å². The zero-order chi connectivity index (χ0) is 13.7. The Morgan fingerprint density at radius 3 is 2.61 bits per heavy atom. The summed E-state index contributed by atoms with van der Waals surface area (Å²) in [5, 5.41) is 11.1. The highest BCUT2D eigenvalue weighted by atomic mass is 16.4. The zero-order valence-corrected chi connectivity index (χ0v) is 10.6. The third-order valence-electron chi connectivity index (χ3n) is 2.74. The number of aliphatic carboxylic acids is 1. The van der Waals surface area contributed by atoms with Gasteiger partial charge in [0, 0.05) is 6.54 Å². The molecule has 5 nitrogen and oxygen atoms in total. The lowest BCUT2D eigenvalue weighted by molar-refractivity contribution is -0.142.